The fourth-order valence-corrected chi connectivity index (χ4v) is 1.95. The van der Waals surface area contributed by atoms with Gasteiger partial charge in [-0.3, -0.25) is 9.69 Å². The SMILES string of the molecule is CCCNC(=O)C(C)NCC(O)CN1CCOCC1. The van der Waals surface area contributed by atoms with Crippen LogP contribution in [-0.4, -0.2) is 74.0 Å². The molecule has 0 radical (unpaired) electrons. The van der Waals surface area contributed by atoms with Crippen LogP contribution in [0, 0.1) is 0 Å². The zero-order valence-electron chi connectivity index (χ0n) is 12.0. The maximum atomic E-state index is 11.6. The van der Waals surface area contributed by atoms with E-state index >= 15 is 0 Å². The summed E-state index contributed by atoms with van der Waals surface area (Å²) in [6, 6.07) is -0.272. The summed E-state index contributed by atoms with van der Waals surface area (Å²) in [6.45, 7) is 8.77. The molecule has 19 heavy (non-hydrogen) atoms. The molecular formula is C13H27N3O3. The Labute approximate surface area is 115 Å². The van der Waals surface area contributed by atoms with E-state index in [1.54, 1.807) is 0 Å². The van der Waals surface area contributed by atoms with Crippen molar-refractivity contribution in [2.75, 3.05) is 45.9 Å². The molecular weight excluding hydrogens is 246 g/mol. The molecule has 112 valence electrons. The van der Waals surface area contributed by atoms with Crippen molar-refractivity contribution in [2.45, 2.75) is 32.4 Å². The fraction of sp³-hybridized carbons (Fsp3) is 0.923. The van der Waals surface area contributed by atoms with Gasteiger partial charge < -0.3 is 20.5 Å². The van der Waals surface area contributed by atoms with Crippen LogP contribution >= 0.6 is 0 Å². The molecule has 1 amide bonds. The van der Waals surface area contributed by atoms with Gasteiger partial charge in [0, 0.05) is 32.7 Å². The largest absolute Gasteiger partial charge is 0.390 e. The third-order valence-corrected chi connectivity index (χ3v) is 3.17. The van der Waals surface area contributed by atoms with Crippen molar-refractivity contribution in [2.24, 2.45) is 0 Å². The van der Waals surface area contributed by atoms with E-state index in [2.05, 4.69) is 15.5 Å². The van der Waals surface area contributed by atoms with Crippen LogP contribution in [0.25, 0.3) is 0 Å². The predicted molar refractivity (Wildman–Crippen MR) is 74.0 cm³/mol. The number of ether oxygens (including phenoxy) is 1. The Hall–Kier alpha value is -0.690. The van der Waals surface area contributed by atoms with Crippen LogP contribution in [0.3, 0.4) is 0 Å². The highest BCUT2D eigenvalue weighted by atomic mass is 16.5. The van der Waals surface area contributed by atoms with E-state index in [1.807, 2.05) is 13.8 Å². The van der Waals surface area contributed by atoms with Gasteiger partial charge >= 0.3 is 0 Å². The van der Waals surface area contributed by atoms with Gasteiger partial charge in [-0.15, -0.1) is 0 Å². The smallest absolute Gasteiger partial charge is 0.236 e. The Morgan fingerprint density at radius 2 is 2.11 bits per heavy atom. The van der Waals surface area contributed by atoms with Gasteiger partial charge in [0.15, 0.2) is 0 Å². The third kappa shape index (κ3) is 6.87. The minimum Gasteiger partial charge on any atom is -0.390 e. The minimum atomic E-state index is -0.459. The van der Waals surface area contributed by atoms with Crippen molar-refractivity contribution < 1.29 is 14.6 Å². The second kappa shape index (κ2) is 9.25. The third-order valence-electron chi connectivity index (χ3n) is 3.17. The highest BCUT2D eigenvalue weighted by Crippen LogP contribution is 1.98. The van der Waals surface area contributed by atoms with Crippen molar-refractivity contribution in [1.29, 1.82) is 0 Å². The molecule has 0 aromatic carbocycles. The molecule has 6 heteroatoms. The number of hydrogen-bond acceptors (Lipinski definition) is 5. The zero-order chi connectivity index (χ0) is 14.1. The molecule has 1 saturated heterocycles. The molecule has 3 N–H and O–H groups in total. The summed E-state index contributed by atoms with van der Waals surface area (Å²) < 4.78 is 5.26. The van der Waals surface area contributed by atoms with Crippen molar-refractivity contribution in [3.63, 3.8) is 0 Å². The highest BCUT2D eigenvalue weighted by molar-refractivity contribution is 5.81. The summed E-state index contributed by atoms with van der Waals surface area (Å²) in [5.41, 5.74) is 0. The van der Waals surface area contributed by atoms with E-state index in [0.29, 0.717) is 19.6 Å². The Balaban J connectivity index is 2.14. The van der Waals surface area contributed by atoms with E-state index in [1.165, 1.54) is 0 Å². The average molecular weight is 273 g/mol. The summed E-state index contributed by atoms with van der Waals surface area (Å²) in [7, 11) is 0. The second-order valence-corrected chi connectivity index (χ2v) is 4.99. The number of carbonyl (C=O) groups is 1. The second-order valence-electron chi connectivity index (χ2n) is 4.99. The van der Waals surface area contributed by atoms with Crippen LogP contribution in [0.5, 0.6) is 0 Å². The first-order valence-corrected chi connectivity index (χ1v) is 7.12. The monoisotopic (exact) mass is 273 g/mol. The number of β-amino-alcohol motifs (C(OH)–C–C–N with tert-alkyl or cyclic N) is 1. The minimum absolute atomic E-state index is 0.0135. The summed E-state index contributed by atoms with van der Waals surface area (Å²) in [5.74, 6) is -0.0135. The maximum absolute atomic E-state index is 11.6. The molecule has 2 unspecified atom stereocenters. The standard InChI is InChI=1S/C13H27N3O3/c1-3-4-14-13(18)11(2)15-9-12(17)10-16-5-7-19-8-6-16/h11-12,15,17H,3-10H2,1-2H3,(H,14,18). The number of morpholine rings is 1. The van der Waals surface area contributed by atoms with Crippen molar-refractivity contribution >= 4 is 5.91 Å². The predicted octanol–water partition coefficient (Wildman–Crippen LogP) is -0.816. The van der Waals surface area contributed by atoms with Gasteiger partial charge in [-0.2, -0.15) is 0 Å². The van der Waals surface area contributed by atoms with Gasteiger partial charge in [-0.25, -0.2) is 0 Å². The number of hydrogen-bond donors (Lipinski definition) is 3. The van der Waals surface area contributed by atoms with Crippen LogP contribution in [0.2, 0.25) is 0 Å². The first-order valence-electron chi connectivity index (χ1n) is 7.12. The van der Waals surface area contributed by atoms with E-state index in [9.17, 15) is 9.90 Å². The topological polar surface area (TPSA) is 73.8 Å². The number of nitrogens with zero attached hydrogens (tertiary/aromatic N) is 1. The fourth-order valence-electron chi connectivity index (χ4n) is 1.95. The molecule has 1 rings (SSSR count). The Morgan fingerprint density at radius 1 is 1.42 bits per heavy atom. The van der Waals surface area contributed by atoms with E-state index in [0.717, 1.165) is 32.7 Å². The summed E-state index contributed by atoms with van der Waals surface area (Å²) in [4.78, 5) is 13.8. The molecule has 0 aliphatic carbocycles. The number of aliphatic hydroxyl groups excluding tert-OH is 1. The van der Waals surface area contributed by atoms with Gasteiger partial charge in [-0.1, -0.05) is 6.92 Å². The highest BCUT2D eigenvalue weighted by Gasteiger charge is 2.17. The Morgan fingerprint density at radius 3 is 2.74 bits per heavy atom. The lowest BCUT2D eigenvalue weighted by molar-refractivity contribution is -0.122. The Kier molecular flexibility index (Phi) is 7.97. The van der Waals surface area contributed by atoms with Crippen molar-refractivity contribution in [3.05, 3.63) is 0 Å². The summed E-state index contributed by atoms with van der Waals surface area (Å²) in [5, 5.41) is 15.8. The van der Waals surface area contributed by atoms with E-state index in [4.69, 9.17) is 4.74 Å². The molecule has 1 fully saturated rings. The lowest BCUT2D eigenvalue weighted by atomic mass is 10.2. The average Bonchev–Trinajstić information content (AvgIpc) is 2.43. The quantitative estimate of drug-likeness (QED) is 0.539. The van der Waals surface area contributed by atoms with Crippen molar-refractivity contribution in [1.82, 2.24) is 15.5 Å². The van der Waals surface area contributed by atoms with Crippen LogP contribution in [0.4, 0.5) is 0 Å². The molecule has 0 bridgehead atoms. The normalized spacial score (nSPS) is 19.9. The molecule has 0 spiro atoms. The molecule has 1 aliphatic rings. The van der Waals surface area contributed by atoms with Gasteiger partial charge in [0.2, 0.25) is 5.91 Å². The van der Waals surface area contributed by atoms with Gasteiger partial charge in [0.25, 0.3) is 0 Å². The van der Waals surface area contributed by atoms with Crippen LogP contribution in [-0.2, 0) is 9.53 Å². The molecule has 0 aromatic rings. The summed E-state index contributed by atoms with van der Waals surface area (Å²) in [6.07, 6.45) is 0.470. The first-order chi connectivity index (χ1) is 9.13. The van der Waals surface area contributed by atoms with Crippen LogP contribution < -0.4 is 10.6 Å². The molecule has 0 aromatic heterocycles. The maximum Gasteiger partial charge on any atom is 0.236 e. The first kappa shape index (κ1) is 16.4. The van der Waals surface area contributed by atoms with Gasteiger partial charge in [-0.05, 0) is 13.3 Å². The molecule has 1 aliphatic heterocycles. The van der Waals surface area contributed by atoms with Crippen LogP contribution in [0.1, 0.15) is 20.3 Å². The number of aliphatic hydroxyl groups is 1. The lowest BCUT2D eigenvalue weighted by Gasteiger charge is -2.29. The van der Waals surface area contributed by atoms with Gasteiger partial charge in [0.05, 0.1) is 25.4 Å². The zero-order valence-corrected chi connectivity index (χ0v) is 12.0. The molecule has 0 saturated carbocycles. The van der Waals surface area contributed by atoms with E-state index in [-0.39, 0.29) is 11.9 Å². The van der Waals surface area contributed by atoms with Gasteiger partial charge in [0.1, 0.15) is 0 Å². The number of carbonyl (C=O) groups excluding carboxylic acids is 1. The number of rotatable bonds is 8. The number of nitrogens with one attached hydrogen (secondary N) is 2. The lowest BCUT2D eigenvalue weighted by Crippen LogP contribution is -2.48. The molecule has 2 atom stereocenters. The van der Waals surface area contributed by atoms with Crippen molar-refractivity contribution in [3.8, 4) is 0 Å². The summed E-state index contributed by atoms with van der Waals surface area (Å²) >= 11 is 0. The Bertz CT molecular complexity index is 258. The molecule has 6 nitrogen and oxygen atoms in total. The van der Waals surface area contributed by atoms with Crippen LogP contribution in [0.15, 0.2) is 0 Å². The number of amides is 1. The van der Waals surface area contributed by atoms with E-state index < -0.39 is 6.10 Å². The molecule has 1 heterocycles.